The zero-order chi connectivity index (χ0) is 12.3. The Hall–Kier alpha value is -0.0700. The molecule has 7 heteroatoms. The van der Waals surface area contributed by atoms with Crippen molar-refractivity contribution in [2.24, 2.45) is 0 Å². The van der Waals surface area contributed by atoms with Crippen molar-refractivity contribution >= 4 is 30.7 Å². The second kappa shape index (κ2) is 8.97. The third kappa shape index (κ3) is 5.08. The van der Waals surface area contributed by atoms with E-state index in [1.54, 1.807) is 0 Å². The molecule has 2 fully saturated rings. The van der Waals surface area contributed by atoms with Crippen LogP contribution in [-0.4, -0.2) is 74.7 Å². The minimum Gasteiger partial charge on any atom is -0.366 e. The number of amides is 1. The van der Waals surface area contributed by atoms with Crippen LogP contribution in [0.5, 0.6) is 0 Å². The topological polar surface area (TPSA) is 44.8 Å². The van der Waals surface area contributed by atoms with Gasteiger partial charge in [-0.1, -0.05) is 0 Å². The molecule has 0 bridgehead atoms. The summed E-state index contributed by atoms with van der Waals surface area (Å²) in [6.45, 7) is 3.88. The summed E-state index contributed by atoms with van der Waals surface area (Å²) >= 11 is 0. The monoisotopic (exact) mass is 313 g/mol. The van der Waals surface area contributed by atoms with Crippen molar-refractivity contribution in [2.45, 2.75) is 25.0 Å². The van der Waals surface area contributed by atoms with Gasteiger partial charge in [0.1, 0.15) is 6.10 Å². The first kappa shape index (κ1) is 18.9. The van der Waals surface area contributed by atoms with Crippen LogP contribution in [0.25, 0.3) is 0 Å². The fourth-order valence-electron chi connectivity index (χ4n) is 2.53. The molecule has 0 spiro atoms. The Balaban J connectivity index is 0.00000162. The molecule has 1 N–H and O–H groups in total. The quantitative estimate of drug-likeness (QED) is 0.800. The lowest BCUT2D eigenvalue weighted by atomic mass is 10.0. The summed E-state index contributed by atoms with van der Waals surface area (Å²) < 4.78 is 5.50. The van der Waals surface area contributed by atoms with Crippen LogP contribution in [0, 0.1) is 0 Å². The van der Waals surface area contributed by atoms with Gasteiger partial charge < -0.3 is 19.9 Å². The van der Waals surface area contributed by atoms with Gasteiger partial charge in [-0.2, -0.15) is 0 Å². The number of carbonyl (C=O) groups is 1. The van der Waals surface area contributed by atoms with Crippen LogP contribution in [-0.2, 0) is 9.53 Å². The number of nitrogens with one attached hydrogen (secondary N) is 1. The van der Waals surface area contributed by atoms with E-state index < -0.39 is 0 Å². The van der Waals surface area contributed by atoms with Gasteiger partial charge in [0.2, 0.25) is 0 Å². The normalized spacial score (nSPS) is 24.6. The molecule has 2 aliphatic rings. The van der Waals surface area contributed by atoms with Gasteiger partial charge in [-0.25, -0.2) is 0 Å². The number of carbonyl (C=O) groups excluding carboxylic acids is 1. The first-order valence-corrected chi connectivity index (χ1v) is 6.46. The predicted octanol–water partition coefficient (Wildman–Crippen LogP) is 0.371. The van der Waals surface area contributed by atoms with E-state index in [4.69, 9.17) is 4.74 Å². The number of piperidine rings is 1. The summed E-state index contributed by atoms with van der Waals surface area (Å²) in [5.74, 6) is 0.161. The van der Waals surface area contributed by atoms with Gasteiger partial charge in [0.25, 0.3) is 5.91 Å². The Morgan fingerprint density at radius 3 is 2.37 bits per heavy atom. The molecule has 2 heterocycles. The molecule has 2 rings (SSSR count). The number of morpholine rings is 1. The van der Waals surface area contributed by atoms with E-state index in [2.05, 4.69) is 24.3 Å². The van der Waals surface area contributed by atoms with E-state index in [9.17, 15) is 4.79 Å². The second-order valence-electron chi connectivity index (χ2n) is 5.08. The van der Waals surface area contributed by atoms with Crippen LogP contribution in [0.2, 0.25) is 0 Å². The van der Waals surface area contributed by atoms with E-state index in [0.29, 0.717) is 19.2 Å². The fraction of sp³-hybridized carbons (Fsp3) is 0.917. The standard InChI is InChI=1S/C12H23N3O2.2ClH/c1-14(2)10-3-6-15(7-4-10)12(16)11-9-13-5-8-17-11;;/h10-11,13H,3-9H2,1-2H3;2*1H. The van der Waals surface area contributed by atoms with Crippen molar-refractivity contribution in [3.63, 3.8) is 0 Å². The molecule has 0 aromatic rings. The first-order chi connectivity index (χ1) is 8.18. The zero-order valence-corrected chi connectivity index (χ0v) is 13.3. The van der Waals surface area contributed by atoms with E-state index in [0.717, 1.165) is 32.5 Å². The van der Waals surface area contributed by atoms with Crippen LogP contribution in [0.1, 0.15) is 12.8 Å². The Kier molecular flexibility index (Phi) is 8.94. The summed E-state index contributed by atoms with van der Waals surface area (Å²) in [5.41, 5.74) is 0. The van der Waals surface area contributed by atoms with Gasteiger partial charge in [-0.05, 0) is 26.9 Å². The molecular formula is C12H25Cl2N3O2. The average Bonchev–Trinajstić information content (AvgIpc) is 2.39. The van der Waals surface area contributed by atoms with Crippen LogP contribution < -0.4 is 5.32 Å². The molecule has 2 aliphatic heterocycles. The molecule has 0 radical (unpaired) electrons. The molecule has 0 saturated carbocycles. The Bertz CT molecular complexity index is 266. The number of nitrogens with zero attached hydrogens (tertiary/aromatic N) is 2. The predicted molar refractivity (Wildman–Crippen MR) is 80.4 cm³/mol. The van der Waals surface area contributed by atoms with Gasteiger partial charge in [-0.3, -0.25) is 4.79 Å². The summed E-state index contributed by atoms with van der Waals surface area (Å²) in [6.07, 6.45) is 1.87. The highest BCUT2D eigenvalue weighted by Gasteiger charge is 2.30. The molecule has 0 aromatic heterocycles. The molecule has 0 aromatic carbocycles. The number of rotatable bonds is 2. The lowest BCUT2D eigenvalue weighted by molar-refractivity contribution is -0.146. The third-order valence-corrected chi connectivity index (χ3v) is 3.71. The van der Waals surface area contributed by atoms with Gasteiger partial charge in [0.15, 0.2) is 0 Å². The largest absolute Gasteiger partial charge is 0.366 e. The SMILES string of the molecule is CN(C)C1CCN(C(=O)C2CNCCO2)CC1.Cl.Cl. The molecule has 1 amide bonds. The molecule has 5 nitrogen and oxygen atoms in total. The lowest BCUT2D eigenvalue weighted by Crippen LogP contribution is -2.52. The molecule has 2 saturated heterocycles. The van der Waals surface area contributed by atoms with Gasteiger partial charge in [0.05, 0.1) is 6.61 Å². The third-order valence-electron chi connectivity index (χ3n) is 3.71. The second-order valence-corrected chi connectivity index (χ2v) is 5.08. The smallest absolute Gasteiger partial charge is 0.253 e. The maximum Gasteiger partial charge on any atom is 0.253 e. The van der Waals surface area contributed by atoms with E-state index in [1.165, 1.54) is 0 Å². The summed E-state index contributed by atoms with van der Waals surface area (Å²) in [4.78, 5) is 16.4. The maximum absolute atomic E-state index is 12.2. The van der Waals surface area contributed by atoms with Gasteiger partial charge >= 0.3 is 0 Å². The number of ether oxygens (including phenoxy) is 1. The van der Waals surface area contributed by atoms with Crippen molar-refractivity contribution in [3.8, 4) is 0 Å². The highest BCUT2D eigenvalue weighted by Crippen LogP contribution is 2.15. The number of halogens is 2. The fourth-order valence-corrected chi connectivity index (χ4v) is 2.53. The Labute approximate surface area is 127 Å². The minimum absolute atomic E-state index is 0. The lowest BCUT2D eigenvalue weighted by Gasteiger charge is -2.37. The highest BCUT2D eigenvalue weighted by atomic mass is 35.5. The van der Waals surface area contributed by atoms with Crippen molar-refractivity contribution < 1.29 is 9.53 Å². The van der Waals surface area contributed by atoms with Crippen LogP contribution >= 0.6 is 24.8 Å². The molecular weight excluding hydrogens is 289 g/mol. The zero-order valence-electron chi connectivity index (χ0n) is 11.6. The van der Waals surface area contributed by atoms with E-state index >= 15 is 0 Å². The van der Waals surface area contributed by atoms with Crippen molar-refractivity contribution in [3.05, 3.63) is 0 Å². The number of hydrogen-bond acceptors (Lipinski definition) is 4. The molecule has 1 unspecified atom stereocenters. The summed E-state index contributed by atoms with van der Waals surface area (Å²) in [7, 11) is 4.21. The maximum atomic E-state index is 12.2. The first-order valence-electron chi connectivity index (χ1n) is 6.46. The molecule has 0 aliphatic carbocycles. The molecule has 1 atom stereocenters. The van der Waals surface area contributed by atoms with Crippen LogP contribution in [0.4, 0.5) is 0 Å². The molecule has 19 heavy (non-hydrogen) atoms. The van der Waals surface area contributed by atoms with Gasteiger partial charge in [0, 0.05) is 32.2 Å². The van der Waals surface area contributed by atoms with Crippen molar-refractivity contribution in [1.29, 1.82) is 0 Å². The summed E-state index contributed by atoms with van der Waals surface area (Å²) in [5, 5.41) is 3.20. The Morgan fingerprint density at radius 2 is 1.89 bits per heavy atom. The number of hydrogen-bond donors (Lipinski definition) is 1. The summed E-state index contributed by atoms with van der Waals surface area (Å²) in [6, 6.07) is 0.615. The number of likely N-dealkylation sites (tertiary alicyclic amines) is 1. The average molecular weight is 314 g/mol. The Morgan fingerprint density at radius 1 is 1.26 bits per heavy atom. The van der Waals surface area contributed by atoms with E-state index in [-0.39, 0.29) is 36.8 Å². The highest BCUT2D eigenvalue weighted by molar-refractivity contribution is 5.85. The molecule has 114 valence electrons. The van der Waals surface area contributed by atoms with Crippen LogP contribution in [0.15, 0.2) is 0 Å². The van der Waals surface area contributed by atoms with E-state index in [1.807, 2.05) is 4.90 Å². The minimum atomic E-state index is -0.264. The van der Waals surface area contributed by atoms with Crippen LogP contribution in [0.3, 0.4) is 0 Å². The van der Waals surface area contributed by atoms with Crippen molar-refractivity contribution in [2.75, 3.05) is 46.9 Å². The van der Waals surface area contributed by atoms with Gasteiger partial charge in [-0.15, -0.1) is 24.8 Å². The van der Waals surface area contributed by atoms with Crippen molar-refractivity contribution in [1.82, 2.24) is 15.1 Å².